The summed E-state index contributed by atoms with van der Waals surface area (Å²) in [4.78, 5) is 197. The molecule has 29 nitrogen and oxygen atoms in total. The van der Waals surface area contributed by atoms with Crippen molar-refractivity contribution in [3.8, 4) is 0 Å². The molecule has 18 atom stereocenters. The van der Waals surface area contributed by atoms with Gasteiger partial charge in [-0.15, -0.1) is 0 Å². The highest BCUT2D eigenvalue weighted by Crippen LogP contribution is 2.30. The van der Waals surface area contributed by atoms with E-state index in [1.54, 1.807) is 102 Å². The number of carbonyl (C=O) groups excluding carboxylic acids is 14. The number of nitrogens with zero attached hydrogens (tertiary/aromatic N) is 4. The van der Waals surface area contributed by atoms with Crippen molar-refractivity contribution < 1.29 is 91.2 Å². The second-order valence-corrected chi connectivity index (χ2v) is 34.0. The molecule has 31 heteroatoms. The highest BCUT2D eigenvalue weighted by Gasteiger charge is 2.41. The van der Waals surface area contributed by atoms with Gasteiger partial charge in [0.25, 0.3) is 11.8 Å². The maximum Gasteiger partial charge on any atom is 0.334 e. The molecule has 10 amide bonds. The van der Waals surface area contributed by atoms with E-state index < -0.39 is 181 Å². The molecule has 0 spiro atoms. The van der Waals surface area contributed by atoms with E-state index >= 15 is 0 Å². The topological polar surface area (TPSA) is 381 Å². The maximum absolute atomic E-state index is 14.2. The van der Waals surface area contributed by atoms with Crippen LogP contribution in [0.2, 0.25) is 10.0 Å². The van der Waals surface area contributed by atoms with Crippen molar-refractivity contribution in [2.45, 2.75) is 276 Å². The van der Waals surface area contributed by atoms with E-state index in [1.807, 2.05) is 75.3 Å². The largest absolute Gasteiger partial charge is 0.456 e. The maximum atomic E-state index is 14.2. The summed E-state index contributed by atoms with van der Waals surface area (Å²) in [5, 5.41) is 28.3. The first-order chi connectivity index (χ1) is 56.0. The van der Waals surface area contributed by atoms with Crippen LogP contribution in [-0.2, 0) is 98.9 Å². The Morgan fingerprint density at radius 2 is 0.792 bits per heavy atom. The molecule has 0 bridgehead atoms. The van der Waals surface area contributed by atoms with Crippen molar-refractivity contribution >= 4 is 106 Å². The van der Waals surface area contributed by atoms with E-state index in [4.69, 9.17) is 42.1 Å². The molecule has 2 aromatic carbocycles. The Hall–Kier alpha value is -9.48. The SMILES string of the molecule is C/C=C(\C)[C@H]1OC(=O)[C@@H](C)NC(=O)[C@H](C(C)CC)NC(=O)CN(C)C(=O)[C@@H](Cc2ccc(Cl)cc2)N(C)C(=O)[C@H](C)NC(=O)[C@@H](CC(C)C)OC(=O)/C(C)=C/C[C@H](C)[C@@H]1C.C/C=C(\C)[C@H]1OC(=O)[C@@H](C)NC(=O)[C@H](C(C)CC)NC(=O)CN(C)C(=O)[C@@H](Cc2ccc(Cl)cc2)N(C)C(=O)[C@H](C)NC(=O)[C@@H](CC(C)C)OC(=O)/C(C)=C/C[C@H](O)[C@@H]1C. The number of esters is 4. The molecular formula is C89H134Cl2N10O19. The summed E-state index contributed by atoms with van der Waals surface area (Å²) in [6.45, 7) is 35.5. The quantitative estimate of drug-likeness (QED) is 0.0526. The van der Waals surface area contributed by atoms with Gasteiger partial charge < -0.3 is 75.6 Å². The zero-order chi connectivity index (χ0) is 91.2. The number of aliphatic hydroxyl groups is 1. The lowest BCUT2D eigenvalue weighted by Gasteiger charge is -2.33. The number of cyclic esters (lactones) is 4. The molecule has 0 saturated carbocycles. The molecule has 0 aromatic heterocycles. The number of hydrogen-bond acceptors (Lipinski definition) is 19. The van der Waals surface area contributed by atoms with Gasteiger partial charge in [-0.05, 0) is 177 Å². The lowest BCUT2D eigenvalue weighted by atomic mass is 9.84. The van der Waals surface area contributed by atoms with Crippen LogP contribution in [0.25, 0.3) is 0 Å². The summed E-state index contributed by atoms with van der Waals surface area (Å²) in [6.07, 6.45) is 3.43. The monoisotopic (exact) mass is 1720 g/mol. The van der Waals surface area contributed by atoms with Gasteiger partial charge in [0.15, 0.2) is 12.2 Å². The first-order valence-electron chi connectivity index (χ1n) is 41.5. The fourth-order valence-corrected chi connectivity index (χ4v) is 13.5. The molecule has 0 aliphatic carbocycles. The summed E-state index contributed by atoms with van der Waals surface area (Å²) in [5.74, 6) is -11.1. The molecule has 2 aliphatic rings. The third-order valence-electron chi connectivity index (χ3n) is 22.2. The predicted molar refractivity (Wildman–Crippen MR) is 459 cm³/mol. The highest BCUT2D eigenvalue weighted by atomic mass is 35.5. The Kier molecular flexibility index (Phi) is 43.7. The van der Waals surface area contributed by atoms with E-state index in [0.717, 1.165) is 10.5 Å². The first-order valence-corrected chi connectivity index (χ1v) is 42.2. The van der Waals surface area contributed by atoms with Gasteiger partial charge in [-0.2, -0.15) is 0 Å². The number of likely N-dealkylation sites (N-methyl/N-ethyl adjacent to an activating group) is 4. The van der Waals surface area contributed by atoms with Crippen LogP contribution in [0, 0.1) is 41.4 Å². The third kappa shape index (κ3) is 32.5. The van der Waals surface area contributed by atoms with Crippen molar-refractivity contribution in [3.05, 3.63) is 116 Å². The fourth-order valence-electron chi connectivity index (χ4n) is 13.3. The number of carbonyl (C=O) groups is 14. The number of allylic oxidation sites excluding steroid dienone is 3. The van der Waals surface area contributed by atoms with Gasteiger partial charge in [0.05, 0.1) is 19.2 Å². The lowest BCUT2D eigenvalue weighted by Crippen LogP contribution is -2.57. The third-order valence-corrected chi connectivity index (χ3v) is 22.7. The molecule has 0 radical (unpaired) electrons. The Bertz CT molecular complexity index is 3750. The van der Waals surface area contributed by atoms with Gasteiger partial charge in [0.2, 0.25) is 47.3 Å². The molecule has 2 aliphatic heterocycles. The number of ether oxygens (including phenoxy) is 4. The highest BCUT2D eigenvalue weighted by molar-refractivity contribution is 6.30. The number of nitrogens with one attached hydrogen (secondary N) is 6. The van der Waals surface area contributed by atoms with Gasteiger partial charge in [0, 0.05) is 68.1 Å². The molecule has 0 fully saturated rings. The van der Waals surface area contributed by atoms with E-state index in [-0.39, 0.29) is 78.8 Å². The lowest BCUT2D eigenvalue weighted by molar-refractivity contribution is -0.155. The molecule has 4 rings (SSSR count). The fraction of sp³-hybridized carbons (Fsp3) is 0.618. The van der Waals surface area contributed by atoms with E-state index in [9.17, 15) is 72.2 Å². The van der Waals surface area contributed by atoms with Crippen LogP contribution in [0.4, 0.5) is 0 Å². The Labute approximate surface area is 719 Å². The van der Waals surface area contributed by atoms with Crippen molar-refractivity contribution in [1.82, 2.24) is 51.5 Å². The number of halogens is 2. The van der Waals surface area contributed by atoms with E-state index in [2.05, 4.69) is 31.9 Å². The van der Waals surface area contributed by atoms with Crippen molar-refractivity contribution in [2.75, 3.05) is 41.3 Å². The summed E-state index contributed by atoms with van der Waals surface area (Å²) >= 11 is 12.2. The summed E-state index contributed by atoms with van der Waals surface area (Å²) in [6, 6.07) is 4.49. The number of benzene rings is 2. The van der Waals surface area contributed by atoms with Gasteiger partial charge in [-0.25, -0.2) is 19.2 Å². The van der Waals surface area contributed by atoms with E-state index in [0.29, 0.717) is 46.0 Å². The molecule has 668 valence electrons. The number of aliphatic hydroxyl groups excluding tert-OH is 1. The Morgan fingerprint density at radius 1 is 0.467 bits per heavy atom. The van der Waals surface area contributed by atoms with Gasteiger partial charge in [-0.3, -0.25) is 47.9 Å². The smallest absolute Gasteiger partial charge is 0.334 e. The molecule has 120 heavy (non-hydrogen) atoms. The van der Waals surface area contributed by atoms with Crippen molar-refractivity contribution in [3.63, 3.8) is 0 Å². The van der Waals surface area contributed by atoms with Crippen LogP contribution >= 0.6 is 23.2 Å². The second kappa shape index (κ2) is 50.1. The molecule has 0 saturated heterocycles. The molecule has 2 aromatic rings. The van der Waals surface area contributed by atoms with Crippen LogP contribution in [-0.4, -0.2) is 228 Å². The van der Waals surface area contributed by atoms with Crippen molar-refractivity contribution in [1.29, 1.82) is 0 Å². The average molecular weight is 1720 g/mol. The molecular weight excluding hydrogens is 1580 g/mol. The minimum absolute atomic E-state index is 0.0257. The second-order valence-electron chi connectivity index (χ2n) is 33.1. The zero-order valence-electron chi connectivity index (χ0n) is 74.9. The van der Waals surface area contributed by atoms with Gasteiger partial charge in [-0.1, -0.05) is 161 Å². The Morgan fingerprint density at radius 3 is 1.12 bits per heavy atom. The Balaban J connectivity index is 0.000000620. The van der Waals surface area contributed by atoms with Crippen LogP contribution in [0.3, 0.4) is 0 Å². The molecule has 2 heterocycles. The van der Waals surface area contributed by atoms with Crippen LogP contribution in [0.15, 0.2) is 95.1 Å². The van der Waals surface area contributed by atoms with Gasteiger partial charge >= 0.3 is 23.9 Å². The standard InChI is InChI=1S/C45H68ClN5O9.C44H66ClN5O10/c1-14-26(5)38-41(54)48-32(11)45(58)60-39(27(6)15-2)30(9)28(7)16-17-29(8)44(57)59-36(22-25(3)4)40(53)47-31(10)42(55)51(13)35(23-33-18-20-34(46)21-19-33)43(56)50(12)24-37(52)49-38;1-13-25(5)37-40(54)47-30(10)44(58)60-38(26(6)14-2)28(8)34(51)20-15-27(7)43(57)59-35(21-24(3)4)39(53)46-29(9)41(55)50(12)33(22-31-16-18-32(45)19-17-31)42(56)49(11)23-36(52)48-37/h15,17-21,25-26,28,30-32,35-36,38-39H,14,16,22-24H2,1-13H3,(H,47,53)(H,48,54)(H,49,52);14-19,24-25,28-30,33-35,37-38,51H,13,20-23H2,1-12H3,(H,46,53)(H,47,54)(H,48,52)/b27-15+,29-17+;26-14+,27-15+/t26?,28-,30-,31-,32+,35+,36+,38-,39+;25?,28-,29-,30+,33+,34-,35+,37-,38+/m00/s1. The number of rotatable bonds is 14. The van der Waals surface area contributed by atoms with Gasteiger partial charge in [0.1, 0.15) is 60.5 Å². The minimum atomic E-state index is -1.28. The average Bonchev–Trinajstić information content (AvgIpc) is 0.820. The normalized spacial score (nSPS) is 28.6. The van der Waals surface area contributed by atoms with Crippen molar-refractivity contribution in [2.24, 2.45) is 41.4 Å². The molecule has 2 unspecified atom stereocenters. The van der Waals surface area contributed by atoms with Crippen LogP contribution in [0.1, 0.15) is 195 Å². The zero-order valence-corrected chi connectivity index (χ0v) is 76.4. The predicted octanol–water partition coefficient (Wildman–Crippen LogP) is 9.06. The van der Waals surface area contributed by atoms with Crippen LogP contribution < -0.4 is 31.9 Å². The van der Waals surface area contributed by atoms with E-state index in [1.165, 1.54) is 83.6 Å². The number of hydrogen-bond donors (Lipinski definition) is 7. The first kappa shape index (κ1) is 105. The summed E-state index contributed by atoms with van der Waals surface area (Å²) in [5.41, 5.74) is 3.18. The molecule has 7 N–H and O–H groups in total. The minimum Gasteiger partial charge on any atom is -0.456 e. The summed E-state index contributed by atoms with van der Waals surface area (Å²) < 4.78 is 23.3. The number of amides is 10. The van der Waals surface area contributed by atoms with Crippen LogP contribution in [0.5, 0.6) is 0 Å². The summed E-state index contributed by atoms with van der Waals surface area (Å²) in [7, 11) is 5.66.